The summed E-state index contributed by atoms with van der Waals surface area (Å²) in [6.07, 6.45) is 1.69. The van der Waals surface area contributed by atoms with Crippen LogP contribution in [0.1, 0.15) is 30.5 Å². The molecular weight excluding hydrogens is 481 g/mol. The Balaban J connectivity index is 1.93. The van der Waals surface area contributed by atoms with E-state index in [2.05, 4.69) is 34.2 Å². The molecule has 0 saturated heterocycles. The van der Waals surface area contributed by atoms with Gasteiger partial charge in [0.05, 0.1) is 10.2 Å². The van der Waals surface area contributed by atoms with Crippen molar-refractivity contribution in [2.24, 2.45) is 4.99 Å². The van der Waals surface area contributed by atoms with Crippen LogP contribution in [0.2, 0.25) is 0 Å². The van der Waals surface area contributed by atoms with Crippen molar-refractivity contribution in [3.8, 4) is 11.5 Å². The van der Waals surface area contributed by atoms with Gasteiger partial charge in [0.1, 0.15) is 6.61 Å². The SMILES string of the molecule is C=C(C)COc1c(I)cc(/C=C2\N=C(c3ccc(C)cc3)OC2=O)cc1OCC. The molecule has 1 aliphatic rings. The molecule has 5 nitrogen and oxygen atoms in total. The number of hydrogen-bond donors (Lipinski definition) is 0. The van der Waals surface area contributed by atoms with Gasteiger partial charge >= 0.3 is 5.97 Å². The van der Waals surface area contributed by atoms with Gasteiger partial charge in [0.25, 0.3) is 0 Å². The Bertz CT molecular complexity index is 1010. The Morgan fingerprint density at radius 3 is 2.62 bits per heavy atom. The van der Waals surface area contributed by atoms with E-state index in [-0.39, 0.29) is 5.70 Å². The lowest BCUT2D eigenvalue weighted by Gasteiger charge is -2.14. The van der Waals surface area contributed by atoms with Gasteiger partial charge in [0.15, 0.2) is 17.2 Å². The molecule has 0 unspecified atom stereocenters. The summed E-state index contributed by atoms with van der Waals surface area (Å²) >= 11 is 2.19. The summed E-state index contributed by atoms with van der Waals surface area (Å²) in [6, 6.07) is 11.4. The fourth-order valence-electron chi connectivity index (χ4n) is 2.66. The number of benzene rings is 2. The normalized spacial score (nSPS) is 14.6. The highest BCUT2D eigenvalue weighted by atomic mass is 127. The van der Waals surface area contributed by atoms with Crippen LogP contribution in [-0.4, -0.2) is 25.1 Å². The van der Waals surface area contributed by atoms with Crippen molar-refractivity contribution in [1.29, 1.82) is 0 Å². The number of aliphatic imine (C=N–C) groups is 1. The second kappa shape index (κ2) is 9.26. The van der Waals surface area contributed by atoms with Crippen LogP contribution in [-0.2, 0) is 9.53 Å². The van der Waals surface area contributed by atoms with Gasteiger partial charge in [0.2, 0.25) is 5.90 Å². The second-order valence-corrected chi connectivity index (χ2v) is 7.87. The molecule has 1 aliphatic heterocycles. The zero-order valence-electron chi connectivity index (χ0n) is 16.6. The number of cyclic esters (lactones) is 1. The van der Waals surface area contributed by atoms with Gasteiger partial charge in [-0.2, -0.15) is 0 Å². The Morgan fingerprint density at radius 1 is 1.24 bits per heavy atom. The molecule has 0 aromatic heterocycles. The maximum Gasteiger partial charge on any atom is 0.363 e. The molecule has 0 bridgehead atoms. The van der Waals surface area contributed by atoms with Crippen LogP contribution in [0.5, 0.6) is 11.5 Å². The Morgan fingerprint density at radius 2 is 1.97 bits per heavy atom. The minimum atomic E-state index is -0.476. The van der Waals surface area contributed by atoms with Crippen LogP contribution in [0.25, 0.3) is 6.08 Å². The Labute approximate surface area is 184 Å². The molecule has 3 rings (SSSR count). The van der Waals surface area contributed by atoms with Crippen LogP contribution >= 0.6 is 22.6 Å². The highest BCUT2D eigenvalue weighted by molar-refractivity contribution is 14.1. The van der Waals surface area contributed by atoms with Crippen molar-refractivity contribution in [3.05, 3.63) is 74.5 Å². The monoisotopic (exact) mass is 503 g/mol. The number of ether oxygens (including phenoxy) is 3. The fraction of sp³-hybridized carbons (Fsp3) is 0.217. The van der Waals surface area contributed by atoms with Crippen LogP contribution in [0.15, 0.2) is 59.2 Å². The zero-order valence-corrected chi connectivity index (χ0v) is 18.8. The van der Waals surface area contributed by atoms with Crippen LogP contribution in [0, 0.1) is 10.5 Å². The third kappa shape index (κ3) is 5.26. The predicted molar refractivity (Wildman–Crippen MR) is 122 cm³/mol. The van der Waals surface area contributed by atoms with Crippen molar-refractivity contribution in [2.45, 2.75) is 20.8 Å². The largest absolute Gasteiger partial charge is 0.490 e. The minimum absolute atomic E-state index is 0.245. The molecule has 0 fully saturated rings. The van der Waals surface area contributed by atoms with E-state index < -0.39 is 5.97 Å². The summed E-state index contributed by atoms with van der Waals surface area (Å²) in [6.45, 7) is 10.6. The highest BCUT2D eigenvalue weighted by Gasteiger charge is 2.24. The third-order valence-corrected chi connectivity index (χ3v) is 4.82. The summed E-state index contributed by atoms with van der Waals surface area (Å²) in [7, 11) is 0. The standard InChI is InChI=1S/C23H22INO4/c1-5-27-20-12-16(10-18(24)21(20)28-13-14(2)3)11-19-23(26)29-22(25-19)17-8-6-15(4)7-9-17/h6-12H,2,5,13H2,1,3-4H3/b19-11-. The lowest BCUT2D eigenvalue weighted by molar-refractivity contribution is -0.129. The van der Waals surface area contributed by atoms with Crippen molar-refractivity contribution < 1.29 is 19.0 Å². The summed E-state index contributed by atoms with van der Waals surface area (Å²) < 4.78 is 17.8. The molecular formula is C23H22INO4. The van der Waals surface area contributed by atoms with E-state index >= 15 is 0 Å². The molecule has 0 atom stereocenters. The van der Waals surface area contributed by atoms with Gasteiger partial charge in [-0.1, -0.05) is 24.3 Å². The molecule has 6 heteroatoms. The molecule has 2 aromatic rings. The smallest absolute Gasteiger partial charge is 0.363 e. The molecule has 1 heterocycles. The average Bonchev–Trinajstić information content (AvgIpc) is 3.02. The van der Waals surface area contributed by atoms with E-state index in [1.807, 2.05) is 57.2 Å². The molecule has 0 N–H and O–H groups in total. The van der Waals surface area contributed by atoms with Gasteiger partial charge in [-0.25, -0.2) is 9.79 Å². The summed E-state index contributed by atoms with van der Waals surface area (Å²) in [4.78, 5) is 16.7. The molecule has 0 amide bonds. The topological polar surface area (TPSA) is 57.1 Å². The minimum Gasteiger partial charge on any atom is -0.490 e. The van der Waals surface area contributed by atoms with E-state index in [0.29, 0.717) is 30.6 Å². The fourth-order valence-corrected chi connectivity index (χ4v) is 3.44. The van der Waals surface area contributed by atoms with Crippen LogP contribution < -0.4 is 9.47 Å². The molecule has 0 spiro atoms. The Hall–Kier alpha value is -2.61. The van der Waals surface area contributed by atoms with Gasteiger partial charge in [-0.05, 0) is 84.8 Å². The quantitative estimate of drug-likeness (QED) is 0.223. The van der Waals surface area contributed by atoms with Gasteiger partial charge < -0.3 is 14.2 Å². The number of aryl methyl sites for hydroxylation is 1. The molecule has 0 saturated carbocycles. The van der Waals surface area contributed by atoms with Crippen molar-refractivity contribution in [3.63, 3.8) is 0 Å². The third-order valence-electron chi connectivity index (χ3n) is 4.02. The van der Waals surface area contributed by atoms with Crippen LogP contribution in [0.3, 0.4) is 0 Å². The van der Waals surface area contributed by atoms with E-state index in [9.17, 15) is 4.79 Å². The molecule has 0 aliphatic carbocycles. The number of rotatable bonds is 7. The number of hydrogen-bond acceptors (Lipinski definition) is 5. The Kier molecular flexibility index (Phi) is 6.74. The van der Waals surface area contributed by atoms with E-state index in [4.69, 9.17) is 14.2 Å². The average molecular weight is 503 g/mol. The highest BCUT2D eigenvalue weighted by Crippen LogP contribution is 2.35. The first-order valence-electron chi connectivity index (χ1n) is 9.20. The molecule has 150 valence electrons. The van der Waals surface area contributed by atoms with Crippen molar-refractivity contribution in [2.75, 3.05) is 13.2 Å². The molecule has 2 aromatic carbocycles. The lowest BCUT2D eigenvalue weighted by atomic mass is 10.1. The zero-order chi connectivity index (χ0) is 21.0. The number of esters is 1. The number of carbonyl (C=O) groups excluding carboxylic acids is 1. The maximum absolute atomic E-state index is 12.3. The number of carbonyl (C=O) groups is 1. The summed E-state index contributed by atoms with van der Waals surface area (Å²) in [5.41, 5.74) is 3.83. The number of nitrogens with zero attached hydrogens (tertiary/aromatic N) is 1. The van der Waals surface area contributed by atoms with Gasteiger partial charge in [-0.3, -0.25) is 0 Å². The molecule has 0 radical (unpaired) electrons. The van der Waals surface area contributed by atoms with E-state index in [0.717, 1.165) is 25.8 Å². The van der Waals surface area contributed by atoms with Crippen molar-refractivity contribution >= 4 is 40.5 Å². The summed E-state index contributed by atoms with van der Waals surface area (Å²) in [5.74, 6) is 1.11. The maximum atomic E-state index is 12.3. The lowest BCUT2D eigenvalue weighted by Crippen LogP contribution is -2.05. The number of halogens is 1. The first-order valence-corrected chi connectivity index (χ1v) is 10.3. The molecule has 29 heavy (non-hydrogen) atoms. The van der Waals surface area contributed by atoms with E-state index in [1.165, 1.54) is 0 Å². The van der Waals surface area contributed by atoms with Gasteiger partial charge in [-0.15, -0.1) is 0 Å². The van der Waals surface area contributed by atoms with Crippen molar-refractivity contribution in [1.82, 2.24) is 0 Å². The first kappa shape index (κ1) is 21.1. The first-order chi connectivity index (χ1) is 13.9. The predicted octanol–water partition coefficient (Wildman–Crippen LogP) is 5.30. The van der Waals surface area contributed by atoms with Gasteiger partial charge in [0, 0.05) is 5.56 Å². The summed E-state index contributed by atoms with van der Waals surface area (Å²) in [5, 5.41) is 0. The van der Waals surface area contributed by atoms with E-state index in [1.54, 1.807) is 6.08 Å². The second-order valence-electron chi connectivity index (χ2n) is 6.71. The van der Waals surface area contributed by atoms with Crippen LogP contribution in [0.4, 0.5) is 0 Å².